The summed E-state index contributed by atoms with van der Waals surface area (Å²) in [7, 11) is 1.40. The van der Waals surface area contributed by atoms with E-state index in [0.29, 0.717) is 5.56 Å². The number of nitrogens with one attached hydrogen (secondary N) is 3. The smallest absolute Gasteiger partial charge is 0.327 e. The zero-order valence-corrected chi connectivity index (χ0v) is 20.1. The maximum atomic E-state index is 13.2. The van der Waals surface area contributed by atoms with Crippen LogP contribution in [0.2, 0.25) is 0 Å². The van der Waals surface area contributed by atoms with Crippen molar-refractivity contribution >= 4 is 41.4 Å². The van der Waals surface area contributed by atoms with Crippen LogP contribution >= 0.6 is 11.8 Å². The van der Waals surface area contributed by atoms with Crippen LogP contribution in [-0.4, -0.2) is 85.5 Å². The molecule has 2 aliphatic rings. The van der Waals surface area contributed by atoms with Gasteiger partial charge in [0.2, 0.25) is 23.6 Å². The summed E-state index contributed by atoms with van der Waals surface area (Å²) in [6, 6.07) is 0.997. The second-order valence-electron chi connectivity index (χ2n) is 8.60. The predicted octanol–water partition coefficient (Wildman–Crippen LogP) is -2.18. The van der Waals surface area contributed by atoms with Gasteiger partial charge in [0.05, 0.1) is 12.5 Å². The molecule has 0 aromatic heterocycles. The summed E-state index contributed by atoms with van der Waals surface area (Å²) in [5.74, 6) is -3.66. The van der Waals surface area contributed by atoms with E-state index >= 15 is 0 Å². The third-order valence-electron chi connectivity index (χ3n) is 5.77. The van der Waals surface area contributed by atoms with Crippen LogP contribution in [0.5, 0.6) is 5.75 Å². The number of rotatable bonds is 8. The Hall–Kier alpha value is -3.36. The number of phenols is 1. The molecule has 2 saturated heterocycles. The molecule has 5 atom stereocenters. The van der Waals surface area contributed by atoms with E-state index in [-0.39, 0.29) is 17.6 Å². The molecule has 2 aliphatic heterocycles. The van der Waals surface area contributed by atoms with Gasteiger partial charge in [-0.1, -0.05) is 12.1 Å². The highest BCUT2D eigenvalue weighted by molar-refractivity contribution is 8.01. The Morgan fingerprint density at radius 3 is 2.31 bits per heavy atom. The van der Waals surface area contributed by atoms with Crippen molar-refractivity contribution in [1.82, 2.24) is 20.9 Å². The number of aromatic hydroxyl groups is 1. The van der Waals surface area contributed by atoms with E-state index in [9.17, 15) is 34.2 Å². The Morgan fingerprint density at radius 1 is 1.17 bits per heavy atom. The van der Waals surface area contributed by atoms with Crippen molar-refractivity contribution in [3.8, 4) is 5.75 Å². The fourth-order valence-electron chi connectivity index (χ4n) is 3.99. The standard InChI is InChI=1S/C21H27N5O7S.H2O/c1-21(2)15(20(32)33)26-18(31)14(19(26)34-21)25-17(30)13(9-4-6-10(27)7-5-9)24-16(29)11(22)8-12(28)23-3;/h4-7,11,13-15,19,27H,8,22H2,1-3H3,(H,23,28)(H,24,29)(H,25,30)(H,32,33);1H2/t11?,13?,14-,15+,19-;/m1./s1. The van der Waals surface area contributed by atoms with Crippen molar-refractivity contribution in [3.05, 3.63) is 29.8 Å². The van der Waals surface area contributed by atoms with Crippen LogP contribution in [0.3, 0.4) is 0 Å². The molecule has 2 fully saturated rings. The summed E-state index contributed by atoms with van der Waals surface area (Å²) in [5, 5.41) is 26.0. The fourth-order valence-corrected chi connectivity index (χ4v) is 5.62. The van der Waals surface area contributed by atoms with Gasteiger partial charge < -0.3 is 42.3 Å². The molecule has 13 nitrogen and oxygen atoms in total. The minimum absolute atomic E-state index is 0. The second-order valence-corrected chi connectivity index (χ2v) is 10.4. The number of carbonyl (C=O) groups excluding carboxylic acids is 4. The quantitative estimate of drug-likeness (QED) is 0.208. The first-order valence-corrected chi connectivity index (χ1v) is 11.3. The molecule has 192 valence electrons. The Labute approximate surface area is 205 Å². The van der Waals surface area contributed by atoms with E-state index in [1.165, 1.54) is 48.0 Å². The van der Waals surface area contributed by atoms with Crippen LogP contribution in [-0.2, 0) is 24.0 Å². The van der Waals surface area contributed by atoms with E-state index < -0.39 is 63.9 Å². The number of nitrogens with two attached hydrogens (primary N) is 1. The van der Waals surface area contributed by atoms with Gasteiger partial charge in [-0.15, -0.1) is 11.8 Å². The highest BCUT2D eigenvalue weighted by Crippen LogP contribution is 2.50. The second kappa shape index (κ2) is 10.5. The van der Waals surface area contributed by atoms with Crippen molar-refractivity contribution in [1.29, 1.82) is 0 Å². The highest BCUT2D eigenvalue weighted by Gasteiger charge is 2.64. The van der Waals surface area contributed by atoms with Crippen LogP contribution in [0.25, 0.3) is 0 Å². The maximum Gasteiger partial charge on any atom is 0.327 e. The third kappa shape index (κ3) is 5.49. The van der Waals surface area contributed by atoms with Crippen LogP contribution in [0, 0.1) is 0 Å². The molecule has 35 heavy (non-hydrogen) atoms. The summed E-state index contributed by atoms with van der Waals surface area (Å²) in [5.41, 5.74) is 6.09. The summed E-state index contributed by atoms with van der Waals surface area (Å²) in [6.07, 6.45) is -0.299. The largest absolute Gasteiger partial charge is 0.508 e. The molecule has 0 bridgehead atoms. The first-order chi connectivity index (χ1) is 15.9. The number of carboxylic acid groups (broad SMARTS) is 1. The van der Waals surface area contributed by atoms with Gasteiger partial charge in [-0.2, -0.15) is 0 Å². The lowest BCUT2D eigenvalue weighted by atomic mass is 9.95. The van der Waals surface area contributed by atoms with Crippen molar-refractivity contribution in [2.24, 2.45) is 5.73 Å². The van der Waals surface area contributed by atoms with Crippen LogP contribution in [0.4, 0.5) is 0 Å². The average molecular weight is 512 g/mol. The van der Waals surface area contributed by atoms with Crippen LogP contribution in [0.15, 0.2) is 24.3 Å². The first kappa shape index (κ1) is 27.9. The lowest BCUT2D eigenvalue weighted by Gasteiger charge is -2.44. The molecule has 0 aliphatic carbocycles. The summed E-state index contributed by atoms with van der Waals surface area (Å²) in [4.78, 5) is 62.9. The Bertz CT molecular complexity index is 1020. The molecule has 1 aromatic carbocycles. The summed E-state index contributed by atoms with van der Waals surface area (Å²) < 4.78 is -0.761. The summed E-state index contributed by atoms with van der Waals surface area (Å²) >= 11 is 1.27. The number of β-lactam (4-membered cyclic amide) rings is 1. The minimum atomic E-state index is -1.28. The molecule has 1 aromatic rings. The van der Waals surface area contributed by atoms with Gasteiger partial charge in [-0.3, -0.25) is 19.2 Å². The monoisotopic (exact) mass is 511 g/mol. The zero-order valence-electron chi connectivity index (χ0n) is 19.3. The van der Waals surface area contributed by atoms with Crippen LogP contribution in [0.1, 0.15) is 31.9 Å². The molecular formula is C21H29N5O8S. The fraction of sp³-hybridized carbons (Fsp3) is 0.476. The van der Waals surface area contributed by atoms with Gasteiger partial charge in [-0.05, 0) is 31.5 Å². The SMILES string of the molecule is CNC(=O)CC(N)C(=O)NC(C(=O)N[C@@H]1C(=O)N2[C@@H]1SC(C)(C)[C@@H]2C(=O)O)c1ccc(O)cc1.O. The van der Waals surface area contributed by atoms with Gasteiger partial charge >= 0.3 is 5.97 Å². The zero-order chi connectivity index (χ0) is 25.4. The van der Waals surface area contributed by atoms with Crippen molar-refractivity contribution in [2.75, 3.05) is 7.05 Å². The van der Waals surface area contributed by atoms with E-state index in [4.69, 9.17) is 5.73 Å². The molecule has 2 unspecified atom stereocenters. The molecule has 14 heteroatoms. The molecule has 4 amide bonds. The average Bonchev–Trinajstić information content (AvgIpc) is 3.03. The lowest BCUT2D eigenvalue weighted by Crippen LogP contribution is -2.71. The lowest BCUT2D eigenvalue weighted by molar-refractivity contribution is -0.161. The normalized spacial score (nSPS) is 23.6. The summed E-state index contributed by atoms with van der Waals surface area (Å²) in [6.45, 7) is 3.43. The van der Waals surface area contributed by atoms with E-state index in [1.807, 2.05) is 0 Å². The number of carboxylic acids is 1. The molecule has 9 N–H and O–H groups in total. The minimum Gasteiger partial charge on any atom is -0.508 e. The third-order valence-corrected chi connectivity index (χ3v) is 7.34. The number of amides is 4. The van der Waals surface area contributed by atoms with Crippen molar-refractivity contribution in [2.45, 2.75) is 54.6 Å². The van der Waals surface area contributed by atoms with Gasteiger partial charge in [0.15, 0.2) is 0 Å². The Kier molecular flexibility index (Phi) is 8.36. The number of thioether (sulfide) groups is 1. The predicted molar refractivity (Wildman–Crippen MR) is 125 cm³/mol. The van der Waals surface area contributed by atoms with Crippen LogP contribution < -0.4 is 21.7 Å². The Balaban J connectivity index is 0.00000432. The van der Waals surface area contributed by atoms with Gasteiger partial charge in [0, 0.05) is 11.8 Å². The molecule has 0 radical (unpaired) electrons. The topological polar surface area (TPSA) is 223 Å². The molecule has 0 saturated carbocycles. The van der Waals surface area contributed by atoms with Crippen molar-refractivity contribution < 1.29 is 39.7 Å². The highest BCUT2D eigenvalue weighted by atomic mass is 32.2. The van der Waals surface area contributed by atoms with E-state index in [0.717, 1.165) is 0 Å². The molecule has 3 rings (SSSR count). The van der Waals surface area contributed by atoms with Gasteiger partial charge in [0.25, 0.3) is 0 Å². The number of fused-ring (bicyclic) bond motifs is 1. The number of hydrogen-bond acceptors (Lipinski definition) is 8. The number of hydrogen-bond donors (Lipinski definition) is 6. The Morgan fingerprint density at radius 2 is 1.77 bits per heavy atom. The number of nitrogens with zero attached hydrogens (tertiary/aromatic N) is 1. The number of phenolic OH excluding ortho intramolecular Hbond substituents is 1. The van der Waals surface area contributed by atoms with Gasteiger partial charge in [-0.25, -0.2) is 4.79 Å². The van der Waals surface area contributed by atoms with E-state index in [2.05, 4.69) is 16.0 Å². The maximum absolute atomic E-state index is 13.2. The number of aliphatic carboxylic acids is 1. The number of carbonyl (C=O) groups is 5. The van der Waals surface area contributed by atoms with Crippen molar-refractivity contribution in [3.63, 3.8) is 0 Å². The van der Waals surface area contributed by atoms with Gasteiger partial charge in [0.1, 0.15) is 29.2 Å². The van der Waals surface area contributed by atoms with E-state index in [1.54, 1.807) is 13.8 Å². The molecule has 0 spiro atoms. The molecule has 2 heterocycles. The number of benzene rings is 1. The first-order valence-electron chi connectivity index (χ1n) is 10.5. The molecular weight excluding hydrogens is 482 g/mol.